The molecule has 1 aromatic rings. The number of nitrogens with zero attached hydrogens (tertiary/aromatic N) is 1. The van der Waals surface area contributed by atoms with Crippen molar-refractivity contribution < 1.29 is 23.5 Å². The van der Waals surface area contributed by atoms with Crippen molar-refractivity contribution >= 4 is 31.8 Å². The first-order valence-electron chi connectivity index (χ1n) is 12.1. The molecule has 1 saturated heterocycles. The van der Waals surface area contributed by atoms with Gasteiger partial charge in [-0.15, -0.1) is 0 Å². The zero-order valence-corrected chi connectivity index (χ0v) is 23.4. The van der Waals surface area contributed by atoms with Gasteiger partial charge in [-0.05, 0) is 57.3 Å². The van der Waals surface area contributed by atoms with Crippen LogP contribution in [0.5, 0.6) is 0 Å². The topological polar surface area (TPSA) is 97.0 Å². The van der Waals surface area contributed by atoms with E-state index in [1.54, 1.807) is 4.90 Å². The number of nitrogens with one attached hydrogen (secondary N) is 2. The highest BCUT2D eigenvalue weighted by Crippen LogP contribution is 2.36. The molecule has 35 heavy (non-hydrogen) atoms. The highest BCUT2D eigenvalue weighted by atomic mass is 28.4. The highest BCUT2D eigenvalue weighted by molar-refractivity contribution is 6.74. The molecule has 9 heteroatoms. The molecule has 8 nitrogen and oxygen atoms in total. The summed E-state index contributed by atoms with van der Waals surface area (Å²) in [5, 5.41) is -0.0183. The molecule has 0 saturated carbocycles. The molecule has 2 N–H and O–H groups in total. The van der Waals surface area contributed by atoms with Crippen LogP contribution in [0.3, 0.4) is 0 Å². The van der Waals surface area contributed by atoms with E-state index in [2.05, 4.69) is 44.7 Å². The summed E-state index contributed by atoms with van der Waals surface area (Å²) < 4.78 is 11.4. The third kappa shape index (κ3) is 8.50. The average molecular weight is 504 g/mol. The summed E-state index contributed by atoms with van der Waals surface area (Å²) >= 11 is 0. The van der Waals surface area contributed by atoms with Gasteiger partial charge in [0.05, 0.1) is 0 Å². The van der Waals surface area contributed by atoms with Gasteiger partial charge in [0.2, 0.25) is 0 Å². The summed E-state index contributed by atoms with van der Waals surface area (Å²) in [6.07, 6.45) is 0.731. The Balaban J connectivity index is 2.08. The van der Waals surface area contributed by atoms with Crippen molar-refractivity contribution in [3.63, 3.8) is 0 Å². The maximum atomic E-state index is 13.2. The lowest BCUT2D eigenvalue weighted by Crippen LogP contribution is -2.48. The van der Waals surface area contributed by atoms with E-state index in [1.807, 2.05) is 51.1 Å². The molecule has 1 heterocycles. The van der Waals surface area contributed by atoms with E-state index in [4.69, 9.17) is 9.16 Å². The molecule has 1 aliphatic heterocycles. The molecule has 1 fully saturated rings. The van der Waals surface area contributed by atoms with Crippen molar-refractivity contribution in [2.75, 3.05) is 19.7 Å². The van der Waals surface area contributed by atoms with Crippen molar-refractivity contribution in [1.82, 2.24) is 15.8 Å². The highest BCUT2D eigenvalue weighted by Gasteiger charge is 2.37. The Morgan fingerprint density at radius 3 is 2.03 bits per heavy atom. The number of piperidine rings is 1. The van der Waals surface area contributed by atoms with Gasteiger partial charge in [-0.1, -0.05) is 56.7 Å². The molecule has 0 aromatic heterocycles. The van der Waals surface area contributed by atoms with Crippen molar-refractivity contribution in [1.29, 1.82) is 0 Å². The molecule has 0 aliphatic carbocycles. The van der Waals surface area contributed by atoms with E-state index in [0.29, 0.717) is 31.5 Å². The monoisotopic (exact) mass is 503 g/mol. The van der Waals surface area contributed by atoms with Gasteiger partial charge in [0.15, 0.2) is 8.32 Å². The second kappa shape index (κ2) is 11.4. The van der Waals surface area contributed by atoms with Crippen LogP contribution in [0.4, 0.5) is 4.79 Å². The molecule has 1 aromatic carbocycles. The molecule has 0 unspecified atom stereocenters. The summed E-state index contributed by atoms with van der Waals surface area (Å²) in [4.78, 5) is 39.7. The second-order valence-corrected chi connectivity index (χ2v) is 16.2. The smallest absolute Gasteiger partial charge is 0.410 e. The molecule has 0 atom stereocenters. The molecule has 0 bridgehead atoms. The van der Waals surface area contributed by atoms with E-state index >= 15 is 0 Å². The van der Waals surface area contributed by atoms with Gasteiger partial charge >= 0.3 is 6.09 Å². The predicted molar refractivity (Wildman–Crippen MR) is 140 cm³/mol. The van der Waals surface area contributed by atoms with Crippen molar-refractivity contribution in [2.24, 2.45) is 0 Å². The van der Waals surface area contributed by atoms with Crippen LogP contribution in [0.15, 0.2) is 35.9 Å². The van der Waals surface area contributed by atoms with E-state index in [1.165, 1.54) is 0 Å². The number of carbonyl (C=O) groups excluding carboxylic acids is 3. The Morgan fingerprint density at radius 2 is 1.51 bits per heavy atom. The fourth-order valence-corrected chi connectivity index (χ4v) is 4.25. The number of likely N-dealkylation sites (tertiary alicyclic amines) is 1. The Labute approximate surface area is 210 Å². The molecule has 0 radical (unpaired) electrons. The fraction of sp³-hybridized carbons (Fsp3) is 0.577. The maximum Gasteiger partial charge on any atom is 0.410 e. The SMILES string of the molecule is CC(C)(C)OC(=O)N1CCC(=C(C(=O)NNC(=O)CO[Si](C)(C)C(C)(C)C)c2ccccc2)CC1. The van der Waals surface area contributed by atoms with Crippen LogP contribution in [0, 0.1) is 0 Å². The molecule has 194 valence electrons. The van der Waals surface area contributed by atoms with E-state index in [0.717, 1.165) is 11.1 Å². The summed E-state index contributed by atoms with van der Waals surface area (Å²) in [6, 6.07) is 9.35. The second-order valence-electron chi connectivity index (χ2n) is 11.4. The molecule has 1 aliphatic rings. The minimum Gasteiger partial charge on any atom is -0.444 e. The van der Waals surface area contributed by atoms with E-state index in [-0.39, 0.29) is 17.7 Å². The van der Waals surface area contributed by atoms with Gasteiger partial charge in [0, 0.05) is 18.7 Å². The van der Waals surface area contributed by atoms with Crippen LogP contribution in [-0.4, -0.2) is 56.4 Å². The predicted octanol–water partition coefficient (Wildman–Crippen LogP) is 4.64. The molecular formula is C26H41N3O5Si. The number of hydrogen-bond donors (Lipinski definition) is 2. The first-order chi connectivity index (χ1) is 16.1. The Morgan fingerprint density at radius 1 is 0.943 bits per heavy atom. The third-order valence-corrected chi connectivity index (χ3v) is 10.8. The van der Waals surface area contributed by atoms with Crippen molar-refractivity contribution in [2.45, 2.75) is 78.1 Å². The van der Waals surface area contributed by atoms with E-state index < -0.39 is 25.7 Å². The number of ether oxygens (including phenoxy) is 1. The number of carbonyl (C=O) groups is 3. The summed E-state index contributed by atoms with van der Waals surface area (Å²) in [7, 11) is -2.08. The van der Waals surface area contributed by atoms with Gasteiger partial charge in [-0.2, -0.15) is 0 Å². The lowest BCUT2D eigenvalue weighted by atomic mass is 9.92. The molecule has 2 rings (SSSR count). The molecular weight excluding hydrogens is 462 g/mol. The van der Waals surface area contributed by atoms with Crippen LogP contribution >= 0.6 is 0 Å². The summed E-state index contributed by atoms with van der Waals surface area (Å²) in [6.45, 7) is 16.8. The lowest BCUT2D eigenvalue weighted by molar-refractivity contribution is -0.128. The van der Waals surface area contributed by atoms with Crippen molar-refractivity contribution in [3.8, 4) is 0 Å². The third-order valence-electron chi connectivity index (χ3n) is 6.35. The lowest BCUT2D eigenvalue weighted by Gasteiger charge is -2.35. The average Bonchev–Trinajstić information content (AvgIpc) is 2.76. The van der Waals surface area contributed by atoms with E-state index in [9.17, 15) is 14.4 Å². The zero-order chi connectivity index (χ0) is 26.4. The van der Waals surface area contributed by atoms with Crippen LogP contribution < -0.4 is 10.9 Å². The number of hydrogen-bond acceptors (Lipinski definition) is 5. The van der Waals surface area contributed by atoms with Crippen molar-refractivity contribution in [3.05, 3.63) is 41.5 Å². The Hall–Kier alpha value is -2.65. The van der Waals surface area contributed by atoms with Crippen LogP contribution in [0.25, 0.3) is 5.57 Å². The van der Waals surface area contributed by atoms with Gasteiger partial charge < -0.3 is 14.1 Å². The first-order valence-corrected chi connectivity index (χ1v) is 15.0. The minimum atomic E-state index is -2.08. The zero-order valence-electron chi connectivity index (χ0n) is 22.4. The Bertz CT molecular complexity index is 936. The van der Waals surface area contributed by atoms with Gasteiger partial charge in [0.25, 0.3) is 11.8 Å². The number of amides is 3. The largest absolute Gasteiger partial charge is 0.444 e. The van der Waals surface area contributed by atoms with Gasteiger partial charge in [-0.25, -0.2) is 4.79 Å². The standard InChI is InChI=1S/C26H41N3O5Si/c1-25(2,3)34-24(32)29-16-14-20(15-17-29)22(19-12-10-9-11-13-19)23(31)28-27-21(30)18-33-35(7,8)26(4,5)6/h9-13H,14-18H2,1-8H3,(H,27,30)(H,28,31). The van der Waals surface area contributed by atoms with Crippen LogP contribution in [0.2, 0.25) is 18.1 Å². The van der Waals surface area contributed by atoms with Crippen LogP contribution in [-0.2, 0) is 18.8 Å². The summed E-state index contributed by atoms with van der Waals surface area (Å²) in [5.41, 5.74) is 6.69. The number of benzene rings is 1. The normalized spacial score (nSPS) is 14.9. The minimum absolute atomic E-state index is 0.0183. The quantitative estimate of drug-likeness (QED) is 0.347. The Kier molecular flexibility index (Phi) is 9.30. The van der Waals surface area contributed by atoms with Gasteiger partial charge in [0.1, 0.15) is 12.2 Å². The maximum absolute atomic E-state index is 13.2. The fourth-order valence-electron chi connectivity index (χ4n) is 3.32. The first kappa shape index (κ1) is 28.6. The summed E-state index contributed by atoms with van der Waals surface area (Å²) in [5.74, 6) is -0.794. The molecule has 3 amide bonds. The van der Waals surface area contributed by atoms with Crippen LogP contribution in [0.1, 0.15) is 59.9 Å². The van der Waals surface area contributed by atoms with Gasteiger partial charge in [-0.3, -0.25) is 20.4 Å². The number of rotatable bonds is 5. The number of hydrazine groups is 1. The molecule has 0 spiro atoms.